The molecule has 1 saturated heterocycles. The first-order chi connectivity index (χ1) is 13.3. The summed E-state index contributed by atoms with van der Waals surface area (Å²) in [5, 5.41) is 7.44. The van der Waals surface area contributed by atoms with E-state index in [-0.39, 0.29) is 18.0 Å². The molecule has 148 valence electrons. The fourth-order valence-corrected chi connectivity index (χ4v) is 3.76. The maximum absolute atomic E-state index is 12.8. The van der Waals surface area contributed by atoms with Crippen LogP contribution in [0.25, 0.3) is 0 Å². The van der Waals surface area contributed by atoms with Crippen molar-refractivity contribution in [3.05, 3.63) is 59.7 Å². The highest BCUT2D eigenvalue weighted by Gasteiger charge is 2.30. The Morgan fingerprint density at radius 2 is 1.61 bits per heavy atom. The maximum Gasteiger partial charge on any atom is 0.329 e. The molecule has 0 spiro atoms. The Hall–Kier alpha value is -2.67. The van der Waals surface area contributed by atoms with Gasteiger partial charge in [0.1, 0.15) is 5.84 Å². The molecule has 2 aromatic carbocycles. The Morgan fingerprint density at radius 3 is 2.07 bits per heavy atom. The van der Waals surface area contributed by atoms with Crippen LogP contribution >= 0.6 is 7.60 Å². The number of benzene rings is 2. The summed E-state index contributed by atoms with van der Waals surface area (Å²) in [5.41, 5.74) is 8.51. The number of hydrogen-bond acceptors (Lipinski definition) is 4. The van der Waals surface area contributed by atoms with Crippen LogP contribution in [-0.2, 0) is 15.5 Å². The number of anilines is 2. The third-order valence-corrected chi connectivity index (χ3v) is 6.07. The van der Waals surface area contributed by atoms with Gasteiger partial charge in [-0.1, -0.05) is 12.1 Å². The van der Waals surface area contributed by atoms with Crippen LogP contribution in [0, 0.1) is 5.41 Å². The molecule has 0 bridgehead atoms. The van der Waals surface area contributed by atoms with E-state index in [0.717, 1.165) is 16.9 Å². The minimum Gasteiger partial charge on any atom is -0.384 e. The van der Waals surface area contributed by atoms with Crippen molar-refractivity contribution < 1.29 is 18.8 Å². The molecule has 2 aromatic rings. The van der Waals surface area contributed by atoms with Crippen molar-refractivity contribution in [1.29, 1.82) is 5.41 Å². The van der Waals surface area contributed by atoms with E-state index in [0.29, 0.717) is 25.1 Å². The SMILES string of the molecule is COP(=O)(O)CCc1ccc(N2CCN(c3ccc(C(=N)N)cc3)C2=O)cc1. The summed E-state index contributed by atoms with van der Waals surface area (Å²) in [4.78, 5) is 25.7. The molecular weight excluding hydrogens is 379 g/mol. The average molecular weight is 402 g/mol. The smallest absolute Gasteiger partial charge is 0.329 e. The van der Waals surface area contributed by atoms with Crippen molar-refractivity contribution in [1.82, 2.24) is 0 Å². The topological polar surface area (TPSA) is 120 Å². The Labute approximate surface area is 163 Å². The Balaban J connectivity index is 1.67. The molecule has 1 atom stereocenters. The van der Waals surface area contributed by atoms with Gasteiger partial charge in [0.25, 0.3) is 0 Å². The summed E-state index contributed by atoms with van der Waals surface area (Å²) >= 11 is 0. The number of urea groups is 1. The second kappa shape index (κ2) is 8.14. The lowest BCUT2D eigenvalue weighted by atomic mass is 10.1. The summed E-state index contributed by atoms with van der Waals surface area (Å²) in [6.07, 6.45) is 0.472. The number of nitrogens with two attached hydrogens (primary N) is 1. The van der Waals surface area contributed by atoms with Crippen molar-refractivity contribution >= 4 is 30.8 Å². The molecule has 9 heteroatoms. The molecule has 4 N–H and O–H groups in total. The van der Waals surface area contributed by atoms with Gasteiger partial charge < -0.3 is 15.2 Å². The standard InChI is InChI=1S/C19H23N4O4P/c1-27-28(25,26)13-10-14-2-6-16(7-3-14)22-11-12-23(19(22)24)17-8-4-15(5-9-17)18(20)21/h2-9H,10-13H2,1H3,(H3,20,21)(H,25,26). The van der Waals surface area contributed by atoms with Gasteiger partial charge in [-0.3, -0.25) is 19.8 Å². The zero-order valence-electron chi connectivity index (χ0n) is 15.5. The van der Waals surface area contributed by atoms with Gasteiger partial charge in [0, 0.05) is 37.1 Å². The first kappa shape index (κ1) is 20.1. The van der Waals surface area contributed by atoms with Crippen LogP contribution in [0.3, 0.4) is 0 Å². The minimum atomic E-state index is -3.53. The van der Waals surface area contributed by atoms with E-state index < -0.39 is 7.60 Å². The number of amidine groups is 1. The molecule has 1 aliphatic heterocycles. The van der Waals surface area contributed by atoms with E-state index >= 15 is 0 Å². The highest BCUT2D eigenvalue weighted by Crippen LogP contribution is 2.41. The number of carbonyl (C=O) groups is 1. The van der Waals surface area contributed by atoms with Gasteiger partial charge in [-0.2, -0.15) is 0 Å². The quantitative estimate of drug-likeness (QED) is 0.374. The molecule has 1 aliphatic rings. The molecule has 1 fully saturated rings. The molecule has 1 unspecified atom stereocenters. The molecular formula is C19H23N4O4P. The second-order valence-corrected chi connectivity index (χ2v) is 8.59. The van der Waals surface area contributed by atoms with Crippen LogP contribution in [0.2, 0.25) is 0 Å². The van der Waals surface area contributed by atoms with E-state index in [1.54, 1.807) is 34.1 Å². The number of nitrogens with zero attached hydrogens (tertiary/aromatic N) is 2. The molecule has 0 aliphatic carbocycles. The Morgan fingerprint density at radius 1 is 1.11 bits per heavy atom. The van der Waals surface area contributed by atoms with Crippen molar-refractivity contribution in [2.45, 2.75) is 6.42 Å². The predicted octanol–water partition coefficient (Wildman–Crippen LogP) is 2.79. The van der Waals surface area contributed by atoms with Gasteiger partial charge in [0.05, 0.1) is 6.16 Å². The molecule has 8 nitrogen and oxygen atoms in total. The van der Waals surface area contributed by atoms with Crippen molar-refractivity contribution in [3.63, 3.8) is 0 Å². The minimum absolute atomic E-state index is 0.0101. The monoisotopic (exact) mass is 402 g/mol. The summed E-state index contributed by atoms with van der Waals surface area (Å²) in [6, 6.07) is 14.3. The largest absolute Gasteiger partial charge is 0.384 e. The van der Waals surface area contributed by atoms with Gasteiger partial charge in [0.2, 0.25) is 0 Å². The van der Waals surface area contributed by atoms with E-state index in [4.69, 9.17) is 11.1 Å². The summed E-state index contributed by atoms with van der Waals surface area (Å²) in [6.45, 7) is 1.11. The number of nitrogens with one attached hydrogen (secondary N) is 1. The fraction of sp³-hybridized carbons (Fsp3) is 0.263. The molecule has 1 heterocycles. The van der Waals surface area contributed by atoms with Gasteiger partial charge >= 0.3 is 13.6 Å². The normalized spacial score (nSPS) is 16.3. The number of nitrogen functional groups attached to an aromatic ring is 1. The Kier molecular flexibility index (Phi) is 5.84. The first-order valence-electron chi connectivity index (χ1n) is 8.81. The van der Waals surface area contributed by atoms with Crippen LogP contribution in [0.1, 0.15) is 11.1 Å². The highest BCUT2D eigenvalue weighted by atomic mass is 31.2. The maximum atomic E-state index is 12.8. The number of carbonyl (C=O) groups excluding carboxylic acids is 1. The van der Waals surface area contributed by atoms with Gasteiger partial charge in [-0.15, -0.1) is 0 Å². The van der Waals surface area contributed by atoms with Crippen molar-refractivity contribution in [3.8, 4) is 0 Å². The third kappa shape index (κ3) is 4.42. The molecule has 0 saturated carbocycles. The van der Waals surface area contributed by atoms with Gasteiger partial charge in [-0.25, -0.2) is 4.79 Å². The molecule has 3 rings (SSSR count). The fourth-order valence-electron chi connectivity index (χ4n) is 3.04. The zero-order valence-corrected chi connectivity index (χ0v) is 16.4. The van der Waals surface area contributed by atoms with E-state index in [2.05, 4.69) is 4.52 Å². The lowest BCUT2D eigenvalue weighted by Gasteiger charge is -2.19. The van der Waals surface area contributed by atoms with Crippen LogP contribution < -0.4 is 15.5 Å². The van der Waals surface area contributed by atoms with Crippen molar-refractivity contribution in [2.24, 2.45) is 5.73 Å². The van der Waals surface area contributed by atoms with E-state index in [9.17, 15) is 14.3 Å². The van der Waals surface area contributed by atoms with Crippen LogP contribution in [-0.4, -0.2) is 43.1 Å². The van der Waals surface area contributed by atoms with Crippen LogP contribution in [0.4, 0.5) is 16.2 Å². The summed E-state index contributed by atoms with van der Waals surface area (Å²) in [5.74, 6) is -0.0101. The second-order valence-electron chi connectivity index (χ2n) is 6.51. The first-order valence-corrected chi connectivity index (χ1v) is 10.6. The molecule has 0 aromatic heterocycles. The molecule has 2 amide bonds. The molecule has 0 radical (unpaired) electrons. The third-order valence-electron chi connectivity index (χ3n) is 4.72. The zero-order chi connectivity index (χ0) is 20.3. The lowest BCUT2D eigenvalue weighted by molar-refractivity contribution is 0.256. The molecule has 28 heavy (non-hydrogen) atoms. The highest BCUT2D eigenvalue weighted by molar-refractivity contribution is 7.52. The van der Waals surface area contributed by atoms with Crippen molar-refractivity contribution in [2.75, 3.05) is 36.2 Å². The van der Waals surface area contributed by atoms with Gasteiger partial charge in [-0.05, 0) is 48.4 Å². The average Bonchev–Trinajstić information content (AvgIpc) is 3.08. The number of hydrogen-bond donors (Lipinski definition) is 3. The summed E-state index contributed by atoms with van der Waals surface area (Å²) in [7, 11) is -2.30. The van der Waals surface area contributed by atoms with Crippen LogP contribution in [0.15, 0.2) is 48.5 Å². The summed E-state index contributed by atoms with van der Waals surface area (Å²) < 4.78 is 16.1. The Bertz CT molecular complexity index is 915. The van der Waals surface area contributed by atoms with E-state index in [1.165, 1.54) is 7.11 Å². The number of aryl methyl sites for hydroxylation is 1. The van der Waals surface area contributed by atoms with Gasteiger partial charge in [0.15, 0.2) is 0 Å². The van der Waals surface area contributed by atoms with E-state index in [1.807, 2.05) is 24.3 Å². The lowest BCUT2D eigenvalue weighted by Crippen LogP contribution is -2.31. The predicted molar refractivity (Wildman–Crippen MR) is 109 cm³/mol. The number of rotatable bonds is 7. The number of amides is 2. The van der Waals surface area contributed by atoms with Crippen LogP contribution in [0.5, 0.6) is 0 Å².